The standard InChI is InChI=1S/C26H41N5O8/c1-21-28-30-24(31-29-21)22-5-7-23(8-6-22)38-20-19-37-18-17-36-16-15-35-14-13-34-12-11-33-10-9-27-25(32)39-26(2,3)4/h5-8H,9-20H2,1-4H3,(H,27,32). The Hall–Kier alpha value is -2.97. The van der Waals surface area contributed by atoms with Gasteiger partial charge < -0.3 is 38.5 Å². The van der Waals surface area contributed by atoms with Crippen molar-refractivity contribution in [2.45, 2.75) is 33.3 Å². The van der Waals surface area contributed by atoms with E-state index in [9.17, 15) is 4.79 Å². The molecule has 0 atom stereocenters. The van der Waals surface area contributed by atoms with E-state index in [0.29, 0.717) is 90.9 Å². The summed E-state index contributed by atoms with van der Waals surface area (Å²) < 4.78 is 38.0. The number of carbonyl (C=O) groups excluding carboxylic acids is 1. The summed E-state index contributed by atoms with van der Waals surface area (Å²) in [6.45, 7) is 12.6. The van der Waals surface area contributed by atoms with Gasteiger partial charge in [-0.2, -0.15) is 0 Å². The molecule has 0 spiro atoms. The normalized spacial score (nSPS) is 11.4. The molecule has 0 aliphatic heterocycles. The minimum Gasteiger partial charge on any atom is -0.491 e. The van der Waals surface area contributed by atoms with Gasteiger partial charge in [0.1, 0.15) is 18.0 Å². The highest BCUT2D eigenvalue weighted by atomic mass is 16.6. The smallest absolute Gasteiger partial charge is 0.407 e. The number of carbonyl (C=O) groups is 1. The number of benzene rings is 1. The third-order valence-electron chi connectivity index (χ3n) is 4.59. The number of nitrogens with zero attached hydrogens (tertiary/aromatic N) is 4. The molecule has 0 aliphatic carbocycles. The van der Waals surface area contributed by atoms with Gasteiger partial charge >= 0.3 is 6.09 Å². The number of ether oxygens (including phenoxy) is 7. The quantitative estimate of drug-likeness (QED) is 0.241. The highest BCUT2D eigenvalue weighted by molar-refractivity contribution is 5.67. The second-order valence-corrected chi connectivity index (χ2v) is 9.13. The molecule has 1 aromatic heterocycles. The predicted octanol–water partition coefficient (Wildman–Crippen LogP) is 2.23. The van der Waals surface area contributed by atoms with E-state index < -0.39 is 11.7 Å². The van der Waals surface area contributed by atoms with Gasteiger partial charge in [0, 0.05) is 12.1 Å². The molecule has 1 N–H and O–H groups in total. The molecule has 0 aliphatic rings. The Morgan fingerprint density at radius 1 is 0.692 bits per heavy atom. The third-order valence-corrected chi connectivity index (χ3v) is 4.59. The van der Waals surface area contributed by atoms with Gasteiger partial charge in [0.25, 0.3) is 0 Å². The molecule has 0 radical (unpaired) electrons. The molecule has 0 saturated carbocycles. The van der Waals surface area contributed by atoms with Crippen LogP contribution in [0.5, 0.6) is 5.75 Å². The highest BCUT2D eigenvalue weighted by Crippen LogP contribution is 2.18. The number of hydrogen-bond acceptors (Lipinski definition) is 12. The first-order valence-corrected chi connectivity index (χ1v) is 13.0. The number of aryl methyl sites for hydroxylation is 1. The van der Waals surface area contributed by atoms with Crippen LogP contribution < -0.4 is 10.1 Å². The minimum atomic E-state index is -0.510. The van der Waals surface area contributed by atoms with E-state index in [1.54, 1.807) is 6.92 Å². The van der Waals surface area contributed by atoms with E-state index >= 15 is 0 Å². The zero-order valence-corrected chi connectivity index (χ0v) is 23.3. The van der Waals surface area contributed by atoms with Crippen LogP contribution in [0.2, 0.25) is 0 Å². The van der Waals surface area contributed by atoms with Crippen molar-refractivity contribution in [3.8, 4) is 17.1 Å². The second-order valence-electron chi connectivity index (χ2n) is 9.13. The Balaban J connectivity index is 1.30. The van der Waals surface area contributed by atoms with Gasteiger partial charge in [-0.25, -0.2) is 4.79 Å². The number of alkyl carbamates (subject to hydrolysis) is 1. The maximum atomic E-state index is 11.5. The molecule has 0 saturated heterocycles. The molecule has 0 fully saturated rings. The summed E-state index contributed by atoms with van der Waals surface area (Å²) in [6, 6.07) is 7.40. The van der Waals surface area contributed by atoms with Crippen molar-refractivity contribution in [1.82, 2.24) is 25.7 Å². The first-order valence-electron chi connectivity index (χ1n) is 13.0. The molecule has 1 aromatic carbocycles. The summed E-state index contributed by atoms with van der Waals surface area (Å²) in [7, 11) is 0. The molecule has 218 valence electrons. The lowest BCUT2D eigenvalue weighted by molar-refractivity contribution is -0.0126. The Bertz CT molecular complexity index is 910. The fourth-order valence-corrected chi connectivity index (χ4v) is 2.83. The molecular formula is C26H41N5O8. The molecule has 1 heterocycles. The Morgan fingerprint density at radius 3 is 1.64 bits per heavy atom. The summed E-state index contributed by atoms with van der Waals surface area (Å²) in [5.41, 5.74) is 0.309. The Morgan fingerprint density at radius 2 is 1.15 bits per heavy atom. The van der Waals surface area contributed by atoms with Crippen LogP contribution in [-0.4, -0.2) is 111 Å². The lowest BCUT2D eigenvalue weighted by Crippen LogP contribution is -2.34. The van der Waals surface area contributed by atoms with Crippen molar-refractivity contribution in [2.75, 3.05) is 79.2 Å². The van der Waals surface area contributed by atoms with Crippen LogP contribution in [-0.2, 0) is 28.4 Å². The third kappa shape index (κ3) is 16.6. The molecule has 2 aromatic rings. The molecule has 0 unspecified atom stereocenters. The van der Waals surface area contributed by atoms with E-state index in [1.807, 2.05) is 45.0 Å². The second kappa shape index (κ2) is 19.1. The van der Waals surface area contributed by atoms with Gasteiger partial charge in [0.2, 0.25) is 5.82 Å². The number of aromatic nitrogens is 4. The Kier molecular flexibility index (Phi) is 15.8. The fraction of sp³-hybridized carbons (Fsp3) is 0.654. The number of hydrogen-bond donors (Lipinski definition) is 1. The fourth-order valence-electron chi connectivity index (χ4n) is 2.83. The summed E-state index contributed by atoms with van der Waals surface area (Å²) in [5.74, 6) is 1.73. The van der Waals surface area contributed by atoms with Gasteiger partial charge in [0.15, 0.2) is 5.82 Å². The van der Waals surface area contributed by atoms with Crippen molar-refractivity contribution in [1.29, 1.82) is 0 Å². The average molecular weight is 552 g/mol. The molecule has 13 nitrogen and oxygen atoms in total. The molecule has 2 rings (SSSR count). The van der Waals surface area contributed by atoms with Crippen LogP contribution in [0.3, 0.4) is 0 Å². The van der Waals surface area contributed by atoms with Crippen LogP contribution in [0.4, 0.5) is 4.79 Å². The summed E-state index contributed by atoms with van der Waals surface area (Å²) in [6.07, 6.45) is -0.452. The average Bonchev–Trinajstić information content (AvgIpc) is 2.90. The summed E-state index contributed by atoms with van der Waals surface area (Å²) >= 11 is 0. The predicted molar refractivity (Wildman–Crippen MR) is 142 cm³/mol. The maximum absolute atomic E-state index is 11.5. The zero-order chi connectivity index (χ0) is 28.2. The van der Waals surface area contributed by atoms with Gasteiger partial charge in [-0.3, -0.25) is 0 Å². The topological polar surface area (TPSA) is 145 Å². The van der Waals surface area contributed by atoms with Crippen LogP contribution >= 0.6 is 0 Å². The monoisotopic (exact) mass is 551 g/mol. The molecule has 13 heteroatoms. The van der Waals surface area contributed by atoms with Crippen LogP contribution in [0, 0.1) is 6.92 Å². The van der Waals surface area contributed by atoms with Crippen molar-refractivity contribution in [3.05, 3.63) is 30.1 Å². The Labute approximate surface area is 229 Å². The van der Waals surface area contributed by atoms with Crippen LogP contribution in [0.25, 0.3) is 11.4 Å². The number of amides is 1. The highest BCUT2D eigenvalue weighted by Gasteiger charge is 2.15. The zero-order valence-electron chi connectivity index (χ0n) is 23.3. The van der Waals surface area contributed by atoms with E-state index in [-0.39, 0.29) is 0 Å². The molecular weight excluding hydrogens is 510 g/mol. The maximum Gasteiger partial charge on any atom is 0.407 e. The van der Waals surface area contributed by atoms with Crippen molar-refractivity contribution < 1.29 is 38.0 Å². The van der Waals surface area contributed by atoms with Crippen molar-refractivity contribution in [2.24, 2.45) is 0 Å². The summed E-state index contributed by atoms with van der Waals surface area (Å²) in [5, 5.41) is 18.5. The first kappa shape index (κ1) is 32.2. The van der Waals surface area contributed by atoms with Crippen LogP contribution in [0.1, 0.15) is 26.6 Å². The summed E-state index contributed by atoms with van der Waals surface area (Å²) in [4.78, 5) is 11.5. The van der Waals surface area contributed by atoms with Crippen molar-refractivity contribution in [3.63, 3.8) is 0 Å². The molecule has 1 amide bonds. The SMILES string of the molecule is Cc1nnc(-c2ccc(OCCOCCOCCOCCOCCOCCNC(=O)OC(C)(C)C)cc2)nn1. The van der Waals surface area contributed by atoms with E-state index in [4.69, 9.17) is 33.2 Å². The van der Waals surface area contributed by atoms with Gasteiger partial charge in [0.05, 0.1) is 66.1 Å². The van der Waals surface area contributed by atoms with Gasteiger partial charge in [-0.05, 0) is 52.0 Å². The van der Waals surface area contributed by atoms with E-state index in [1.165, 1.54) is 0 Å². The first-order chi connectivity index (χ1) is 18.8. The van der Waals surface area contributed by atoms with E-state index in [2.05, 4.69) is 25.7 Å². The molecule has 0 bridgehead atoms. The largest absolute Gasteiger partial charge is 0.491 e. The molecule has 39 heavy (non-hydrogen) atoms. The number of rotatable bonds is 20. The van der Waals surface area contributed by atoms with Crippen molar-refractivity contribution >= 4 is 6.09 Å². The van der Waals surface area contributed by atoms with Gasteiger partial charge in [-0.15, -0.1) is 20.4 Å². The lowest BCUT2D eigenvalue weighted by atomic mass is 10.2. The van der Waals surface area contributed by atoms with Crippen LogP contribution in [0.15, 0.2) is 24.3 Å². The van der Waals surface area contributed by atoms with Gasteiger partial charge in [-0.1, -0.05) is 0 Å². The van der Waals surface area contributed by atoms with E-state index in [0.717, 1.165) is 11.3 Å². The lowest BCUT2D eigenvalue weighted by Gasteiger charge is -2.19. The minimum absolute atomic E-state index is 0.383. The number of nitrogens with one attached hydrogen (secondary N) is 1.